The van der Waals surface area contributed by atoms with Crippen LogP contribution in [-0.4, -0.2) is 66.1 Å². The quantitative estimate of drug-likeness (QED) is 0.152. The van der Waals surface area contributed by atoms with E-state index in [1.165, 1.54) is 28.8 Å². The lowest BCUT2D eigenvalue weighted by Gasteiger charge is -2.37. The van der Waals surface area contributed by atoms with Gasteiger partial charge in [-0.25, -0.2) is 15.0 Å². The maximum Gasteiger partial charge on any atom is 0.436 e. The van der Waals surface area contributed by atoms with E-state index in [0.717, 1.165) is 19.5 Å². The van der Waals surface area contributed by atoms with Crippen LogP contribution < -0.4 is 5.43 Å². The molecule has 0 saturated carbocycles. The van der Waals surface area contributed by atoms with Crippen LogP contribution in [0.15, 0.2) is 116 Å². The summed E-state index contributed by atoms with van der Waals surface area (Å²) in [6.07, 6.45) is 1.73. The van der Waals surface area contributed by atoms with Gasteiger partial charge in [0.2, 0.25) is 0 Å². The van der Waals surface area contributed by atoms with E-state index in [1.54, 1.807) is 0 Å². The third-order valence-electron chi connectivity index (χ3n) is 7.05. The third kappa shape index (κ3) is 8.15. The molecular weight excluding hydrogens is 562 g/mol. The van der Waals surface area contributed by atoms with Crippen molar-refractivity contribution in [3.63, 3.8) is 0 Å². The van der Waals surface area contributed by atoms with E-state index >= 15 is 0 Å². The second kappa shape index (κ2) is 15.8. The van der Waals surface area contributed by atoms with E-state index in [2.05, 4.69) is 96.3 Å². The van der Waals surface area contributed by atoms with Gasteiger partial charge in [0, 0.05) is 24.8 Å². The molecule has 43 heavy (non-hydrogen) atoms. The van der Waals surface area contributed by atoms with Crippen LogP contribution >= 0.6 is 11.8 Å². The maximum atomic E-state index is 13.1. The fraction of sp³-hybridized carbons (Fsp3) is 0.265. The van der Waals surface area contributed by atoms with Crippen molar-refractivity contribution in [1.82, 2.24) is 15.3 Å². The van der Waals surface area contributed by atoms with Crippen molar-refractivity contribution in [3.8, 4) is 0 Å². The molecule has 224 valence electrons. The number of amides is 3. The summed E-state index contributed by atoms with van der Waals surface area (Å²) >= 11 is 1.93. The number of thioether (sulfide) groups is 1. The van der Waals surface area contributed by atoms with E-state index < -0.39 is 22.8 Å². The van der Waals surface area contributed by atoms with E-state index in [9.17, 15) is 14.4 Å². The van der Waals surface area contributed by atoms with Crippen LogP contribution in [-0.2, 0) is 19.0 Å². The van der Waals surface area contributed by atoms with Gasteiger partial charge >= 0.3 is 12.2 Å². The van der Waals surface area contributed by atoms with Gasteiger partial charge in [0.15, 0.2) is 0 Å². The second-order valence-electron chi connectivity index (χ2n) is 9.95. The number of hydrazine groups is 1. The Morgan fingerprint density at radius 1 is 0.860 bits per heavy atom. The highest BCUT2D eigenvalue weighted by molar-refractivity contribution is 8.01. The number of carbonyl (C=O) groups excluding carboxylic acids is 3. The highest BCUT2D eigenvalue weighted by atomic mass is 32.2. The summed E-state index contributed by atoms with van der Waals surface area (Å²) in [5, 5.41) is 0.832. The molecule has 1 aliphatic rings. The predicted octanol–water partition coefficient (Wildman–Crippen LogP) is 6.15. The van der Waals surface area contributed by atoms with Crippen molar-refractivity contribution >= 4 is 29.9 Å². The second-order valence-corrected chi connectivity index (χ2v) is 11.5. The van der Waals surface area contributed by atoms with Crippen LogP contribution in [0, 0.1) is 0 Å². The number of likely N-dealkylation sites (tertiary alicyclic amines) is 1. The van der Waals surface area contributed by atoms with Gasteiger partial charge in [-0.05, 0) is 29.7 Å². The van der Waals surface area contributed by atoms with Crippen LogP contribution in [0.25, 0.3) is 0 Å². The SMILES string of the molecule is C=CCOC(=O)NN(C(=O)CCN1CCC(SC(c2ccccc2)(c2ccccc2)c2ccccc2)C1)C(=O)OCC=C. The van der Waals surface area contributed by atoms with Crippen LogP contribution in [0.2, 0.25) is 0 Å². The maximum absolute atomic E-state index is 13.1. The molecule has 8 nitrogen and oxygen atoms in total. The molecule has 0 radical (unpaired) electrons. The Hall–Kier alpha value is -4.34. The third-order valence-corrected chi connectivity index (χ3v) is 8.83. The Kier molecular flexibility index (Phi) is 11.6. The molecule has 3 amide bonds. The minimum absolute atomic E-state index is 0.00349. The van der Waals surface area contributed by atoms with Crippen molar-refractivity contribution in [2.24, 2.45) is 0 Å². The molecular formula is C34H37N3O5S. The van der Waals surface area contributed by atoms with Gasteiger partial charge in [0.1, 0.15) is 13.2 Å². The molecule has 0 bridgehead atoms. The number of rotatable bonds is 12. The van der Waals surface area contributed by atoms with E-state index in [-0.39, 0.29) is 24.9 Å². The molecule has 1 heterocycles. The smallest absolute Gasteiger partial charge is 0.436 e. The summed E-state index contributed by atoms with van der Waals surface area (Å²) < 4.78 is 9.43. The van der Waals surface area contributed by atoms with Crippen molar-refractivity contribution in [3.05, 3.63) is 133 Å². The molecule has 1 atom stereocenters. The number of benzene rings is 3. The number of hydrogen-bond acceptors (Lipinski definition) is 7. The van der Waals surface area contributed by atoms with Gasteiger partial charge in [-0.1, -0.05) is 116 Å². The summed E-state index contributed by atoms with van der Waals surface area (Å²) in [6.45, 7) is 8.79. The monoisotopic (exact) mass is 599 g/mol. The highest BCUT2D eigenvalue weighted by Crippen LogP contribution is 2.51. The largest absolute Gasteiger partial charge is 0.444 e. The zero-order chi connectivity index (χ0) is 30.5. The first-order valence-electron chi connectivity index (χ1n) is 14.2. The fourth-order valence-corrected chi connectivity index (χ4v) is 6.92. The first-order chi connectivity index (χ1) is 21.0. The summed E-state index contributed by atoms with van der Waals surface area (Å²) in [5.74, 6) is -0.604. The van der Waals surface area contributed by atoms with E-state index in [4.69, 9.17) is 9.47 Å². The van der Waals surface area contributed by atoms with Gasteiger partial charge in [0.25, 0.3) is 5.91 Å². The minimum Gasteiger partial charge on any atom is -0.444 e. The normalized spacial score (nSPS) is 14.8. The van der Waals surface area contributed by atoms with Gasteiger partial charge in [-0.2, -0.15) is 0 Å². The molecule has 1 saturated heterocycles. The Morgan fingerprint density at radius 3 is 1.88 bits per heavy atom. The molecule has 4 rings (SSSR count). The molecule has 9 heteroatoms. The van der Waals surface area contributed by atoms with Crippen molar-refractivity contribution in [2.75, 3.05) is 32.8 Å². The van der Waals surface area contributed by atoms with Crippen LogP contribution in [0.5, 0.6) is 0 Å². The fourth-order valence-electron chi connectivity index (χ4n) is 5.10. The lowest BCUT2D eigenvalue weighted by Crippen LogP contribution is -2.50. The number of nitrogens with one attached hydrogen (secondary N) is 1. The van der Waals surface area contributed by atoms with Gasteiger partial charge in [-0.15, -0.1) is 16.8 Å². The summed E-state index contributed by atoms with van der Waals surface area (Å²) in [4.78, 5) is 39.8. The molecule has 3 aromatic rings. The summed E-state index contributed by atoms with van der Waals surface area (Å²) in [6, 6.07) is 31.7. The van der Waals surface area contributed by atoms with Crippen LogP contribution in [0.3, 0.4) is 0 Å². The Labute approximate surface area is 257 Å². The Bertz CT molecular complexity index is 1270. The summed E-state index contributed by atoms with van der Waals surface area (Å²) in [5.41, 5.74) is 5.78. The first kappa shape index (κ1) is 31.6. The van der Waals surface area contributed by atoms with Crippen molar-refractivity contribution < 1.29 is 23.9 Å². The van der Waals surface area contributed by atoms with E-state index in [0.29, 0.717) is 11.6 Å². The zero-order valence-electron chi connectivity index (χ0n) is 24.1. The molecule has 0 aliphatic carbocycles. The zero-order valence-corrected chi connectivity index (χ0v) is 24.9. The first-order valence-corrected chi connectivity index (χ1v) is 15.1. The Balaban J connectivity index is 1.49. The van der Waals surface area contributed by atoms with E-state index in [1.807, 2.05) is 30.0 Å². The van der Waals surface area contributed by atoms with Gasteiger partial charge < -0.3 is 14.4 Å². The van der Waals surface area contributed by atoms with Crippen molar-refractivity contribution in [2.45, 2.75) is 22.8 Å². The average molecular weight is 600 g/mol. The molecule has 0 aromatic heterocycles. The summed E-state index contributed by atoms with van der Waals surface area (Å²) in [7, 11) is 0. The standard InChI is InChI=1S/C34H37N3O5S/c1-3-24-41-32(39)35-37(33(40)42-25-4-2)31(38)21-23-36-22-20-30(26-36)43-34(27-14-8-5-9-15-27,28-16-10-6-11-17-28)29-18-12-7-13-19-29/h3-19,30H,1-2,20-26H2,(H,35,39). The van der Waals surface area contributed by atoms with Crippen molar-refractivity contribution in [1.29, 1.82) is 0 Å². The lowest BCUT2D eigenvalue weighted by atomic mass is 9.84. The molecule has 1 aliphatic heterocycles. The Morgan fingerprint density at radius 2 is 1.37 bits per heavy atom. The molecule has 1 fully saturated rings. The number of carbonyl (C=O) groups is 3. The molecule has 1 unspecified atom stereocenters. The molecule has 0 spiro atoms. The molecule has 1 N–H and O–H groups in total. The molecule has 3 aromatic carbocycles. The minimum atomic E-state index is -1.01. The topological polar surface area (TPSA) is 88.2 Å². The van der Waals surface area contributed by atoms with Gasteiger partial charge in [-0.3, -0.25) is 4.79 Å². The predicted molar refractivity (Wildman–Crippen MR) is 169 cm³/mol. The number of hydrogen-bond donors (Lipinski definition) is 1. The van der Waals surface area contributed by atoms with Gasteiger partial charge in [0.05, 0.1) is 4.75 Å². The number of imide groups is 1. The van der Waals surface area contributed by atoms with Crippen LogP contribution in [0.4, 0.5) is 9.59 Å². The number of ether oxygens (including phenoxy) is 2. The number of nitrogens with zero attached hydrogens (tertiary/aromatic N) is 2. The lowest BCUT2D eigenvalue weighted by molar-refractivity contribution is -0.132. The highest BCUT2D eigenvalue weighted by Gasteiger charge is 2.41. The van der Waals surface area contributed by atoms with Crippen LogP contribution in [0.1, 0.15) is 29.5 Å². The average Bonchev–Trinajstić information content (AvgIpc) is 3.51.